The standard InChI is InChI=1S/C13H13N3/c1-2-10-3-5-11(6-4-10)13-9-12(7-8-14)15-16-13/h3-6,9H,2,7H2,1H3,(H,15,16). The van der Waals surface area contributed by atoms with E-state index in [1.54, 1.807) is 0 Å². The van der Waals surface area contributed by atoms with Crippen LogP contribution in [0.4, 0.5) is 0 Å². The number of rotatable bonds is 3. The molecule has 0 aliphatic rings. The maximum atomic E-state index is 8.57. The molecular formula is C13H13N3. The third kappa shape index (κ3) is 2.12. The van der Waals surface area contributed by atoms with Crippen LogP contribution >= 0.6 is 0 Å². The lowest BCUT2D eigenvalue weighted by atomic mass is 10.1. The van der Waals surface area contributed by atoms with Crippen LogP contribution in [0.3, 0.4) is 0 Å². The van der Waals surface area contributed by atoms with Gasteiger partial charge in [0, 0.05) is 11.3 Å². The molecule has 0 radical (unpaired) electrons. The number of hydrogen-bond acceptors (Lipinski definition) is 2. The molecule has 3 heteroatoms. The Morgan fingerprint density at radius 1 is 1.31 bits per heavy atom. The molecule has 0 spiro atoms. The first-order valence-electron chi connectivity index (χ1n) is 5.34. The van der Waals surface area contributed by atoms with E-state index < -0.39 is 0 Å². The molecule has 0 saturated carbocycles. The largest absolute Gasteiger partial charge is 0.281 e. The monoisotopic (exact) mass is 211 g/mol. The van der Waals surface area contributed by atoms with Crippen molar-refractivity contribution in [3.05, 3.63) is 41.6 Å². The number of aromatic amines is 1. The van der Waals surface area contributed by atoms with Gasteiger partial charge in [-0.3, -0.25) is 5.10 Å². The Labute approximate surface area is 94.7 Å². The van der Waals surface area contributed by atoms with Crippen molar-refractivity contribution in [2.75, 3.05) is 0 Å². The van der Waals surface area contributed by atoms with E-state index in [1.807, 2.05) is 6.07 Å². The third-order valence-corrected chi connectivity index (χ3v) is 2.56. The van der Waals surface area contributed by atoms with Crippen molar-refractivity contribution in [1.82, 2.24) is 10.2 Å². The summed E-state index contributed by atoms with van der Waals surface area (Å²) >= 11 is 0. The lowest BCUT2D eigenvalue weighted by Gasteiger charge is -1.98. The fourth-order valence-electron chi connectivity index (χ4n) is 1.60. The van der Waals surface area contributed by atoms with Gasteiger partial charge in [-0.2, -0.15) is 10.4 Å². The van der Waals surface area contributed by atoms with E-state index in [4.69, 9.17) is 5.26 Å². The highest BCUT2D eigenvalue weighted by molar-refractivity contribution is 5.59. The molecule has 1 heterocycles. The first-order valence-corrected chi connectivity index (χ1v) is 5.34. The van der Waals surface area contributed by atoms with Crippen LogP contribution in [0.5, 0.6) is 0 Å². The van der Waals surface area contributed by atoms with Gasteiger partial charge in [0.2, 0.25) is 0 Å². The van der Waals surface area contributed by atoms with Gasteiger partial charge in [-0.25, -0.2) is 0 Å². The SMILES string of the molecule is CCc1ccc(-c2cc(CC#N)[nH]n2)cc1. The smallest absolute Gasteiger partial charge is 0.0923 e. The number of nitriles is 1. The van der Waals surface area contributed by atoms with Crippen LogP contribution in [-0.2, 0) is 12.8 Å². The Kier molecular flexibility index (Phi) is 3.02. The molecule has 0 fully saturated rings. The molecule has 0 aliphatic carbocycles. The highest BCUT2D eigenvalue weighted by atomic mass is 15.1. The molecule has 1 aromatic carbocycles. The Balaban J connectivity index is 2.25. The normalized spacial score (nSPS) is 10.0. The number of benzene rings is 1. The molecule has 0 unspecified atom stereocenters. The molecule has 1 aromatic heterocycles. The molecule has 3 nitrogen and oxygen atoms in total. The van der Waals surface area contributed by atoms with Gasteiger partial charge in [-0.1, -0.05) is 31.2 Å². The molecule has 2 rings (SSSR count). The highest BCUT2D eigenvalue weighted by Gasteiger charge is 2.03. The number of nitrogens with one attached hydrogen (secondary N) is 1. The second-order valence-electron chi connectivity index (χ2n) is 3.66. The van der Waals surface area contributed by atoms with Gasteiger partial charge in [0.1, 0.15) is 0 Å². The van der Waals surface area contributed by atoms with Crippen molar-refractivity contribution in [1.29, 1.82) is 5.26 Å². The van der Waals surface area contributed by atoms with Crippen molar-refractivity contribution < 1.29 is 0 Å². The molecule has 16 heavy (non-hydrogen) atoms. The maximum Gasteiger partial charge on any atom is 0.0923 e. The summed E-state index contributed by atoms with van der Waals surface area (Å²) in [6.07, 6.45) is 1.42. The van der Waals surface area contributed by atoms with Crippen LogP contribution in [0.1, 0.15) is 18.2 Å². The van der Waals surface area contributed by atoms with Crippen molar-refractivity contribution in [2.45, 2.75) is 19.8 Å². The lowest BCUT2D eigenvalue weighted by Crippen LogP contribution is -1.81. The van der Waals surface area contributed by atoms with Crippen LogP contribution in [0.25, 0.3) is 11.3 Å². The Morgan fingerprint density at radius 2 is 2.06 bits per heavy atom. The summed E-state index contributed by atoms with van der Waals surface area (Å²) in [5.74, 6) is 0. The first kappa shape index (κ1) is 10.4. The number of H-pyrrole nitrogens is 1. The van der Waals surface area contributed by atoms with Gasteiger partial charge in [-0.05, 0) is 18.1 Å². The van der Waals surface area contributed by atoms with Gasteiger partial charge < -0.3 is 0 Å². The summed E-state index contributed by atoms with van der Waals surface area (Å²) in [6, 6.07) is 12.3. The zero-order valence-corrected chi connectivity index (χ0v) is 9.20. The maximum absolute atomic E-state index is 8.57. The topological polar surface area (TPSA) is 52.5 Å². The second-order valence-corrected chi connectivity index (χ2v) is 3.66. The van der Waals surface area contributed by atoms with Crippen LogP contribution in [0, 0.1) is 11.3 Å². The highest BCUT2D eigenvalue weighted by Crippen LogP contribution is 2.18. The summed E-state index contributed by atoms with van der Waals surface area (Å²) in [5, 5.41) is 15.6. The van der Waals surface area contributed by atoms with Gasteiger partial charge in [0.15, 0.2) is 0 Å². The Morgan fingerprint density at radius 3 is 2.69 bits per heavy atom. The molecule has 0 bridgehead atoms. The van der Waals surface area contributed by atoms with E-state index in [9.17, 15) is 0 Å². The predicted octanol–water partition coefficient (Wildman–Crippen LogP) is 2.71. The second kappa shape index (κ2) is 4.63. The van der Waals surface area contributed by atoms with E-state index in [-0.39, 0.29) is 0 Å². The minimum Gasteiger partial charge on any atom is -0.281 e. The predicted molar refractivity (Wildman–Crippen MR) is 62.7 cm³/mol. The zero-order chi connectivity index (χ0) is 11.4. The summed E-state index contributed by atoms with van der Waals surface area (Å²) in [6.45, 7) is 2.13. The van der Waals surface area contributed by atoms with E-state index >= 15 is 0 Å². The molecular weight excluding hydrogens is 198 g/mol. The van der Waals surface area contributed by atoms with Crippen molar-refractivity contribution >= 4 is 0 Å². The third-order valence-electron chi connectivity index (χ3n) is 2.56. The van der Waals surface area contributed by atoms with E-state index in [0.29, 0.717) is 6.42 Å². The van der Waals surface area contributed by atoms with Crippen molar-refractivity contribution in [3.8, 4) is 17.3 Å². The number of aryl methyl sites for hydroxylation is 1. The van der Waals surface area contributed by atoms with Crippen LogP contribution in [0.2, 0.25) is 0 Å². The molecule has 0 atom stereocenters. The zero-order valence-electron chi connectivity index (χ0n) is 9.20. The molecule has 2 aromatic rings. The van der Waals surface area contributed by atoms with Crippen molar-refractivity contribution in [3.63, 3.8) is 0 Å². The summed E-state index contributed by atoms with van der Waals surface area (Å²) in [4.78, 5) is 0. The number of hydrogen-bond donors (Lipinski definition) is 1. The first-order chi connectivity index (χ1) is 7.83. The van der Waals surface area contributed by atoms with Gasteiger partial charge in [0.05, 0.1) is 18.2 Å². The van der Waals surface area contributed by atoms with Crippen LogP contribution < -0.4 is 0 Å². The summed E-state index contributed by atoms with van der Waals surface area (Å²) < 4.78 is 0. The van der Waals surface area contributed by atoms with E-state index in [0.717, 1.165) is 23.4 Å². The number of aromatic nitrogens is 2. The molecule has 0 aliphatic heterocycles. The van der Waals surface area contributed by atoms with Crippen LogP contribution in [0.15, 0.2) is 30.3 Å². The molecule has 1 N–H and O–H groups in total. The lowest BCUT2D eigenvalue weighted by molar-refractivity contribution is 1.02. The average Bonchev–Trinajstić information content (AvgIpc) is 2.78. The molecule has 80 valence electrons. The van der Waals surface area contributed by atoms with Gasteiger partial charge in [-0.15, -0.1) is 0 Å². The van der Waals surface area contributed by atoms with Crippen molar-refractivity contribution in [2.24, 2.45) is 0 Å². The molecule has 0 saturated heterocycles. The van der Waals surface area contributed by atoms with Crippen LogP contribution in [-0.4, -0.2) is 10.2 Å². The minimum absolute atomic E-state index is 0.375. The summed E-state index contributed by atoms with van der Waals surface area (Å²) in [5.41, 5.74) is 4.15. The average molecular weight is 211 g/mol. The molecule has 0 amide bonds. The minimum atomic E-state index is 0.375. The summed E-state index contributed by atoms with van der Waals surface area (Å²) in [7, 11) is 0. The Hall–Kier alpha value is -2.08. The van der Waals surface area contributed by atoms with E-state index in [2.05, 4.69) is 47.5 Å². The van der Waals surface area contributed by atoms with Gasteiger partial charge >= 0.3 is 0 Å². The fraction of sp³-hybridized carbons (Fsp3) is 0.231. The van der Waals surface area contributed by atoms with Gasteiger partial charge in [0.25, 0.3) is 0 Å². The Bertz CT molecular complexity index is 503. The fourth-order valence-corrected chi connectivity index (χ4v) is 1.60. The van der Waals surface area contributed by atoms with E-state index in [1.165, 1.54) is 5.56 Å². The number of nitrogens with zero attached hydrogens (tertiary/aromatic N) is 2. The quantitative estimate of drug-likeness (QED) is 0.848.